The Labute approximate surface area is 145 Å². The minimum atomic E-state index is -0.0772. The molecule has 0 aromatic heterocycles. The van der Waals surface area contributed by atoms with Gasteiger partial charge in [0, 0.05) is 31.0 Å². The molecule has 24 heavy (non-hydrogen) atoms. The summed E-state index contributed by atoms with van der Waals surface area (Å²) in [7, 11) is 0. The molecule has 2 aliphatic heterocycles. The molecule has 3 rings (SSSR count). The van der Waals surface area contributed by atoms with E-state index in [-0.39, 0.29) is 11.9 Å². The fraction of sp³-hybridized carbons (Fsp3) is 0.632. The van der Waals surface area contributed by atoms with E-state index in [2.05, 4.69) is 34.2 Å². The molecular weight excluding hydrogens is 302 g/mol. The first kappa shape index (κ1) is 17.2. The number of hydrogen-bond donors (Lipinski definition) is 1. The minimum Gasteiger partial charge on any atom is -0.378 e. The van der Waals surface area contributed by atoms with E-state index < -0.39 is 0 Å². The van der Waals surface area contributed by atoms with Gasteiger partial charge < -0.3 is 15.0 Å². The highest BCUT2D eigenvalue weighted by Crippen LogP contribution is 2.21. The summed E-state index contributed by atoms with van der Waals surface area (Å²) in [4.78, 5) is 17.1. The second kappa shape index (κ2) is 7.99. The normalized spacial score (nSPS) is 23.8. The lowest BCUT2D eigenvalue weighted by molar-refractivity contribution is -0.121. The monoisotopic (exact) mass is 331 g/mol. The second-order valence-corrected chi connectivity index (χ2v) is 7.05. The molecule has 0 saturated carbocycles. The number of carbonyl (C=O) groups excluding carboxylic acids is 1. The van der Waals surface area contributed by atoms with Crippen molar-refractivity contribution in [3.63, 3.8) is 0 Å². The third kappa shape index (κ3) is 4.28. The number of hydrogen-bond acceptors (Lipinski definition) is 4. The predicted octanol–water partition coefficient (Wildman–Crippen LogP) is 2.58. The number of likely N-dealkylation sites (tertiary alicyclic amines) is 1. The van der Waals surface area contributed by atoms with Crippen LogP contribution in [-0.2, 0) is 9.53 Å². The maximum absolute atomic E-state index is 12.5. The Bertz CT molecular complexity index is 540. The van der Waals surface area contributed by atoms with E-state index in [4.69, 9.17) is 4.74 Å². The maximum Gasteiger partial charge on any atom is 0.241 e. The number of anilines is 2. The largest absolute Gasteiger partial charge is 0.378 e. The minimum absolute atomic E-state index is 0.0772. The summed E-state index contributed by atoms with van der Waals surface area (Å²) in [6, 6.07) is 8.07. The van der Waals surface area contributed by atoms with E-state index in [1.807, 2.05) is 19.1 Å². The summed E-state index contributed by atoms with van der Waals surface area (Å²) < 4.78 is 5.39. The standard InChI is InChI=1S/C19H29N3O2/c1-15-4-3-9-22(14-15)16(2)19(23)20-17-5-7-18(8-6-17)21-10-12-24-13-11-21/h5-8,15-16H,3-4,9-14H2,1-2H3,(H,20,23)/t15-,16+/m1/s1. The zero-order chi connectivity index (χ0) is 16.9. The van der Waals surface area contributed by atoms with Gasteiger partial charge in [0.25, 0.3) is 0 Å². The predicted molar refractivity (Wildman–Crippen MR) is 97.5 cm³/mol. The van der Waals surface area contributed by atoms with Crippen molar-refractivity contribution >= 4 is 17.3 Å². The molecule has 0 aliphatic carbocycles. The molecule has 2 saturated heterocycles. The van der Waals surface area contributed by atoms with Crippen molar-refractivity contribution in [2.75, 3.05) is 49.6 Å². The third-order valence-corrected chi connectivity index (χ3v) is 5.13. The molecule has 0 bridgehead atoms. The number of piperidine rings is 1. The third-order valence-electron chi connectivity index (χ3n) is 5.13. The lowest BCUT2D eigenvalue weighted by atomic mass is 9.99. The van der Waals surface area contributed by atoms with Crippen molar-refractivity contribution in [1.29, 1.82) is 0 Å². The number of ether oxygens (including phenoxy) is 1. The van der Waals surface area contributed by atoms with Crippen molar-refractivity contribution in [2.24, 2.45) is 5.92 Å². The lowest BCUT2D eigenvalue weighted by Crippen LogP contribution is -2.46. The molecule has 0 spiro atoms. The smallest absolute Gasteiger partial charge is 0.241 e. The molecule has 0 unspecified atom stereocenters. The van der Waals surface area contributed by atoms with Gasteiger partial charge in [0.1, 0.15) is 0 Å². The van der Waals surface area contributed by atoms with Gasteiger partial charge in [0.15, 0.2) is 0 Å². The van der Waals surface area contributed by atoms with Gasteiger partial charge in [-0.15, -0.1) is 0 Å². The molecule has 1 N–H and O–H groups in total. The SMILES string of the molecule is C[C@@H]1CCCN([C@@H](C)C(=O)Nc2ccc(N3CCOCC3)cc2)C1. The zero-order valence-corrected chi connectivity index (χ0v) is 14.8. The molecule has 1 aromatic rings. The van der Waals surface area contributed by atoms with Crippen LogP contribution in [0.3, 0.4) is 0 Å². The van der Waals surface area contributed by atoms with E-state index in [1.54, 1.807) is 0 Å². The molecule has 1 amide bonds. The average Bonchev–Trinajstić information content (AvgIpc) is 2.62. The highest BCUT2D eigenvalue weighted by molar-refractivity contribution is 5.94. The number of amides is 1. The Kier molecular flexibility index (Phi) is 5.74. The number of nitrogens with one attached hydrogen (secondary N) is 1. The highest BCUT2D eigenvalue weighted by Gasteiger charge is 2.25. The Hall–Kier alpha value is -1.59. The van der Waals surface area contributed by atoms with Gasteiger partial charge in [-0.3, -0.25) is 9.69 Å². The fourth-order valence-electron chi connectivity index (χ4n) is 3.57. The summed E-state index contributed by atoms with van der Waals surface area (Å²) in [5, 5.41) is 3.06. The van der Waals surface area contributed by atoms with Crippen LogP contribution in [0.5, 0.6) is 0 Å². The summed E-state index contributed by atoms with van der Waals surface area (Å²) in [6.45, 7) is 9.73. The van der Waals surface area contributed by atoms with Crippen molar-refractivity contribution in [3.05, 3.63) is 24.3 Å². The molecule has 2 fully saturated rings. The number of morpholine rings is 1. The second-order valence-electron chi connectivity index (χ2n) is 7.05. The molecule has 5 nitrogen and oxygen atoms in total. The number of benzene rings is 1. The van der Waals surface area contributed by atoms with E-state index in [0.717, 1.165) is 45.1 Å². The van der Waals surface area contributed by atoms with Gasteiger partial charge in [-0.2, -0.15) is 0 Å². The van der Waals surface area contributed by atoms with Crippen LogP contribution in [0.1, 0.15) is 26.7 Å². The molecule has 2 aliphatic rings. The molecule has 2 atom stereocenters. The average molecular weight is 331 g/mol. The van der Waals surface area contributed by atoms with Crippen molar-refractivity contribution in [3.8, 4) is 0 Å². The lowest BCUT2D eigenvalue weighted by Gasteiger charge is -2.34. The molecule has 0 radical (unpaired) electrons. The van der Waals surface area contributed by atoms with Crippen molar-refractivity contribution in [2.45, 2.75) is 32.7 Å². The number of carbonyl (C=O) groups is 1. The molecule has 2 heterocycles. The van der Waals surface area contributed by atoms with Crippen LogP contribution >= 0.6 is 0 Å². The summed E-state index contributed by atoms with van der Waals surface area (Å²) >= 11 is 0. The van der Waals surface area contributed by atoms with Gasteiger partial charge in [0.05, 0.1) is 19.3 Å². The van der Waals surface area contributed by atoms with Crippen molar-refractivity contribution in [1.82, 2.24) is 4.90 Å². The van der Waals surface area contributed by atoms with Gasteiger partial charge in [-0.05, 0) is 56.5 Å². The first-order valence-corrected chi connectivity index (χ1v) is 9.11. The van der Waals surface area contributed by atoms with E-state index in [9.17, 15) is 4.79 Å². The molecular formula is C19H29N3O2. The van der Waals surface area contributed by atoms with E-state index in [1.165, 1.54) is 18.5 Å². The Morgan fingerprint density at radius 2 is 1.92 bits per heavy atom. The molecule has 5 heteroatoms. The first-order chi connectivity index (χ1) is 11.6. The Morgan fingerprint density at radius 3 is 2.58 bits per heavy atom. The maximum atomic E-state index is 12.5. The van der Waals surface area contributed by atoms with Crippen LogP contribution in [0.15, 0.2) is 24.3 Å². The summed E-state index contributed by atoms with van der Waals surface area (Å²) in [6.07, 6.45) is 2.46. The number of nitrogens with zero attached hydrogens (tertiary/aromatic N) is 2. The highest BCUT2D eigenvalue weighted by atomic mass is 16.5. The van der Waals surface area contributed by atoms with Crippen LogP contribution in [0, 0.1) is 5.92 Å². The number of rotatable bonds is 4. The fourth-order valence-corrected chi connectivity index (χ4v) is 3.57. The topological polar surface area (TPSA) is 44.8 Å². The van der Waals surface area contributed by atoms with Crippen LogP contribution in [0.4, 0.5) is 11.4 Å². The molecule has 1 aromatic carbocycles. The van der Waals surface area contributed by atoms with Gasteiger partial charge in [0.2, 0.25) is 5.91 Å². The van der Waals surface area contributed by atoms with Crippen LogP contribution in [0.2, 0.25) is 0 Å². The first-order valence-electron chi connectivity index (χ1n) is 9.11. The van der Waals surface area contributed by atoms with Gasteiger partial charge in [-0.1, -0.05) is 6.92 Å². The Balaban J connectivity index is 1.55. The van der Waals surface area contributed by atoms with Gasteiger partial charge in [-0.25, -0.2) is 0 Å². The quantitative estimate of drug-likeness (QED) is 0.921. The van der Waals surface area contributed by atoms with Gasteiger partial charge >= 0.3 is 0 Å². The van der Waals surface area contributed by atoms with Crippen LogP contribution in [0.25, 0.3) is 0 Å². The van der Waals surface area contributed by atoms with E-state index in [0.29, 0.717) is 5.92 Å². The summed E-state index contributed by atoms with van der Waals surface area (Å²) in [5.74, 6) is 0.769. The van der Waals surface area contributed by atoms with Crippen LogP contribution < -0.4 is 10.2 Å². The van der Waals surface area contributed by atoms with Crippen molar-refractivity contribution < 1.29 is 9.53 Å². The summed E-state index contributed by atoms with van der Waals surface area (Å²) in [5.41, 5.74) is 2.06. The Morgan fingerprint density at radius 1 is 1.21 bits per heavy atom. The zero-order valence-electron chi connectivity index (χ0n) is 14.8. The van der Waals surface area contributed by atoms with E-state index >= 15 is 0 Å². The molecule has 132 valence electrons. The van der Waals surface area contributed by atoms with Crippen LogP contribution in [-0.4, -0.2) is 56.2 Å².